The third-order valence-electron chi connectivity index (χ3n) is 4.18. The minimum Gasteiger partial charge on any atom is -0.386 e. The average Bonchev–Trinajstić information content (AvgIpc) is 3.13. The van der Waals surface area contributed by atoms with Crippen LogP contribution in [0.25, 0.3) is 0 Å². The first-order valence-corrected chi connectivity index (χ1v) is 7.31. The van der Waals surface area contributed by atoms with Gasteiger partial charge in [-0.25, -0.2) is 0 Å². The summed E-state index contributed by atoms with van der Waals surface area (Å²) in [7, 11) is 0. The fourth-order valence-corrected chi connectivity index (χ4v) is 2.98. The summed E-state index contributed by atoms with van der Waals surface area (Å²) in [5.41, 5.74) is -0.467. The molecule has 1 saturated carbocycles. The van der Waals surface area contributed by atoms with Crippen LogP contribution < -0.4 is 0 Å². The predicted octanol–water partition coefficient (Wildman–Crippen LogP) is 1.72. The third kappa shape index (κ3) is 2.53. The van der Waals surface area contributed by atoms with E-state index in [0.29, 0.717) is 25.2 Å². The van der Waals surface area contributed by atoms with E-state index in [1.165, 1.54) is 12.3 Å². The molecule has 7 nitrogen and oxygen atoms in total. The number of nitrogens with zero attached hydrogens (tertiary/aromatic N) is 3. The zero-order valence-electron chi connectivity index (χ0n) is 12.0. The van der Waals surface area contributed by atoms with Gasteiger partial charge >= 0.3 is 0 Å². The van der Waals surface area contributed by atoms with Crippen molar-refractivity contribution in [3.63, 3.8) is 0 Å². The molecule has 1 aromatic rings. The van der Waals surface area contributed by atoms with E-state index < -0.39 is 10.5 Å². The quantitative estimate of drug-likeness (QED) is 0.661. The van der Waals surface area contributed by atoms with Crippen molar-refractivity contribution in [1.29, 1.82) is 0 Å². The molecule has 114 valence electrons. The number of carbonyl (C=O) groups is 1. The fraction of sp³-hybridized carbons (Fsp3) is 0.643. The number of rotatable bonds is 5. The smallest absolute Gasteiger partial charge is 0.287 e. The van der Waals surface area contributed by atoms with Gasteiger partial charge in [0.15, 0.2) is 0 Å². The predicted molar refractivity (Wildman–Crippen MR) is 75.1 cm³/mol. The zero-order valence-corrected chi connectivity index (χ0v) is 12.0. The van der Waals surface area contributed by atoms with E-state index in [-0.39, 0.29) is 17.6 Å². The summed E-state index contributed by atoms with van der Waals surface area (Å²) in [6, 6.07) is 1.55. The van der Waals surface area contributed by atoms with Gasteiger partial charge in [0, 0.05) is 12.1 Å². The summed E-state index contributed by atoms with van der Waals surface area (Å²) in [6.07, 6.45) is 4.88. The molecule has 1 saturated heterocycles. The number of amides is 1. The summed E-state index contributed by atoms with van der Waals surface area (Å²) >= 11 is 0. The van der Waals surface area contributed by atoms with Crippen LogP contribution in [0.15, 0.2) is 12.3 Å². The summed E-state index contributed by atoms with van der Waals surface area (Å²) in [4.78, 5) is 24.5. The molecule has 0 bridgehead atoms. The van der Waals surface area contributed by atoms with Gasteiger partial charge in [0.05, 0.1) is 29.8 Å². The van der Waals surface area contributed by atoms with Crippen LogP contribution >= 0.6 is 0 Å². The molecule has 0 atom stereocenters. The normalized spacial score (nSPS) is 20.2. The molecule has 3 rings (SSSR count). The number of hydrogen-bond acceptors (Lipinski definition) is 4. The largest absolute Gasteiger partial charge is 0.386 e. The molecule has 0 spiro atoms. The van der Waals surface area contributed by atoms with Crippen molar-refractivity contribution in [1.82, 2.24) is 9.47 Å². The minimum atomic E-state index is -0.784. The molecule has 7 heteroatoms. The summed E-state index contributed by atoms with van der Waals surface area (Å²) < 4.78 is 1.72. The monoisotopic (exact) mass is 293 g/mol. The minimum absolute atomic E-state index is 0.0467. The number of β-amino-alcohol motifs (C(OH)–C–C–N with tert-alkyl or cyclic N) is 1. The Morgan fingerprint density at radius 1 is 1.52 bits per heavy atom. The van der Waals surface area contributed by atoms with Gasteiger partial charge in [-0.3, -0.25) is 14.9 Å². The third-order valence-corrected chi connectivity index (χ3v) is 4.18. The molecule has 1 N–H and O–H groups in total. The lowest BCUT2D eigenvalue weighted by atomic mass is 9.89. The molecule has 1 aliphatic heterocycles. The first-order chi connectivity index (χ1) is 9.93. The average molecular weight is 293 g/mol. The van der Waals surface area contributed by atoms with Crippen molar-refractivity contribution in [3.8, 4) is 0 Å². The van der Waals surface area contributed by atoms with Crippen molar-refractivity contribution in [2.24, 2.45) is 0 Å². The molecular weight excluding hydrogens is 274 g/mol. The summed E-state index contributed by atoms with van der Waals surface area (Å²) in [5.74, 6) is -0.226. The Labute approximate surface area is 122 Å². The maximum atomic E-state index is 12.5. The second kappa shape index (κ2) is 4.84. The Bertz CT molecular complexity index is 585. The van der Waals surface area contributed by atoms with Crippen molar-refractivity contribution < 1.29 is 14.8 Å². The van der Waals surface area contributed by atoms with Crippen molar-refractivity contribution in [2.75, 3.05) is 13.1 Å². The maximum absolute atomic E-state index is 12.5. The molecule has 0 radical (unpaired) electrons. The second-order valence-electron chi connectivity index (χ2n) is 6.11. The Hall–Kier alpha value is -1.89. The molecule has 21 heavy (non-hydrogen) atoms. The van der Waals surface area contributed by atoms with E-state index >= 15 is 0 Å². The van der Waals surface area contributed by atoms with Gasteiger partial charge < -0.3 is 14.6 Å². The first kappa shape index (κ1) is 14.1. The van der Waals surface area contributed by atoms with Crippen LogP contribution in [0.2, 0.25) is 0 Å². The molecule has 2 heterocycles. The van der Waals surface area contributed by atoms with Crippen LogP contribution in [0.5, 0.6) is 0 Å². The Morgan fingerprint density at radius 2 is 2.19 bits per heavy atom. The van der Waals surface area contributed by atoms with Crippen LogP contribution in [0.1, 0.15) is 49.1 Å². The highest BCUT2D eigenvalue weighted by atomic mass is 16.6. The van der Waals surface area contributed by atoms with E-state index in [1.807, 2.05) is 6.92 Å². The van der Waals surface area contributed by atoms with Crippen LogP contribution in [-0.4, -0.2) is 44.1 Å². The van der Waals surface area contributed by atoms with Gasteiger partial charge in [0.1, 0.15) is 5.69 Å². The molecule has 1 aliphatic carbocycles. The van der Waals surface area contributed by atoms with Crippen molar-refractivity contribution in [2.45, 2.75) is 44.2 Å². The molecule has 0 unspecified atom stereocenters. The SMILES string of the molecule is CCCC1(O)CN(C(=O)c2cc([N+](=O)[O-])cn2C2CC2)C1. The van der Waals surface area contributed by atoms with Crippen LogP contribution in [-0.2, 0) is 0 Å². The lowest BCUT2D eigenvalue weighted by Gasteiger charge is -2.46. The van der Waals surface area contributed by atoms with Crippen molar-refractivity contribution in [3.05, 3.63) is 28.1 Å². The highest BCUT2D eigenvalue weighted by Gasteiger charge is 2.44. The molecule has 1 amide bonds. The van der Waals surface area contributed by atoms with Gasteiger partial charge in [0.25, 0.3) is 11.6 Å². The lowest BCUT2D eigenvalue weighted by Crippen LogP contribution is -2.63. The van der Waals surface area contributed by atoms with Crippen LogP contribution in [0.4, 0.5) is 5.69 Å². The fourth-order valence-electron chi connectivity index (χ4n) is 2.98. The van der Waals surface area contributed by atoms with Crippen LogP contribution in [0.3, 0.4) is 0 Å². The van der Waals surface area contributed by atoms with Gasteiger partial charge in [-0.1, -0.05) is 13.3 Å². The Morgan fingerprint density at radius 3 is 2.71 bits per heavy atom. The molecule has 2 fully saturated rings. The molecular formula is C14H19N3O4. The molecule has 1 aromatic heterocycles. The van der Waals surface area contributed by atoms with E-state index in [1.54, 1.807) is 9.47 Å². The maximum Gasteiger partial charge on any atom is 0.287 e. The number of aromatic nitrogens is 1. The van der Waals surface area contributed by atoms with E-state index in [0.717, 1.165) is 19.3 Å². The Kier molecular flexibility index (Phi) is 3.24. The van der Waals surface area contributed by atoms with Gasteiger partial charge in [-0.05, 0) is 19.3 Å². The second-order valence-corrected chi connectivity index (χ2v) is 6.11. The first-order valence-electron chi connectivity index (χ1n) is 7.31. The number of carbonyl (C=O) groups excluding carboxylic acids is 1. The number of hydrogen-bond donors (Lipinski definition) is 1. The van der Waals surface area contributed by atoms with Crippen molar-refractivity contribution >= 4 is 11.6 Å². The van der Waals surface area contributed by atoms with E-state index in [2.05, 4.69) is 0 Å². The zero-order chi connectivity index (χ0) is 15.2. The molecule has 0 aromatic carbocycles. The molecule has 2 aliphatic rings. The highest BCUT2D eigenvalue weighted by molar-refractivity contribution is 5.94. The summed E-state index contributed by atoms with van der Waals surface area (Å²) in [6.45, 7) is 2.61. The standard InChI is InChI=1S/C14H19N3O4/c1-2-5-14(19)8-15(9-14)13(18)12-6-11(17(20)21)7-16(12)10-3-4-10/h6-7,10,19H,2-5,8-9H2,1H3. The Balaban J connectivity index is 1.78. The van der Waals surface area contributed by atoms with E-state index in [4.69, 9.17) is 0 Å². The number of aliphatic hydroxyl groups is 1. The van der Waals surface area contributed by atoms with E-state index in [9.17, 15) is 20.0 Å². The number of nitro groups is 1. The van der Waals surface area contributed by atoms with Crippen LogP contribution in [0, 0.1) is 10.1 Å². The lowest BCUT2D eigenvalue weighted by molar-refractivity contribution is -0.384. The topological polar surface area (TPSA) is 88.6 Å². The summed E-state index contributed by atoms with van der Waals surface area (Å²) in [5, 5.41) is 21.1. The highest BCUT2D eigenvalue weighted by Crippen LogP contribution is 2.39. The van der Waals surface area contributed by atoms with Gasteiger partial charge in [0.2, 0.25) is 0 Å². The number of likely N-dealkylation sites (tertiary alicyclic amines) is 1. The van der Waals surface area contributed by atoms with Gasteiger partial charge in [-0.2, -0.15) is 0 Å². The van der Waals surface area contributed by atoms with Gasteiger partial charge in [-0.15, -0.1) is 0 Å².